The van der Waals surface area contributed by atoms with Crippen LogP contribution in [0.25, 0.3) is 0 Å². The van der Waals surface area contributed by atoms with E-state index in [4.69, 9.17) is 21.1 Å². The zero-order chi connectivity index (χ0) is 10.1. The molecule has 0 aromatic carbocycles. The van der Waals surface area contributed by atoms with Gasteiger partial charge in [0.15, 0.2) is 18.8 Å². The molecule has 0 amide bonds. The van der Waals surface area contributed by atoms with E-state index in [1.54, 1.807) is 6.20 Å². The molecule has 0 saturated heterocycles. The molecule has 1 N–H and O–H groups in total. The summed E-state index contributed by atoms with van der Waals surface area (Å²) in [6, 6.07) is 0. The maximum absolute atomic E-state index is 9.61. The third-order valence-electron chi connectivity index (χ3n) is 2.15. The topological polar surface area (TPSA) is 51.6 Å². The number of aliphatic hydroxyl groups is 1. The van der Waals surface area contributed by atoms with E-state index < -0.39 is 6.29 Å². The lowest BCUT2D eigenvalue weighted by Gasteiger charge is -2.25. The van der Waals surface area contributed by atoms with Gasteiger partial charge in [-0.2, -0.15) is 0 Å². The number of aliphatic hydroxyl groups excluding tert-OH is 1. The number of ether oxygens (including phenoxy) is 2. The van der Waals surface area contributed by atoms with Gasteiger partial charge >= 0.3 is 0 Å². The fourth-order valence-corrected chi connectivity index (χ4v) is 1.66. The number of hydrogen-bond acceptors (Lipinski definition) is 4. The Kier molecular flexibility index (Phi) is 2.58. The average molecular weight is 216 g/mol. The lowest BCUT2D eigenvalue weighted by atomic mass is 10.1. The summed E-state index contributed by atoms with van der Waals surface area (Å²) >= 11 is 5.72. The maximum Gasteiger partial charge on any atom is 0.192 e. The highest BCUT2D eigenvalue weighted by molar-refractivity contribution is 6.17. The van der Waals surface area contributed by atoms with Crippen LogP contribution in [-0.2, 0) is 10.6 Å². The van der Waals surface area contributed by atoms with Gasteiger partial charge in [0.1, 0.15) is 0 Å². The van der Waals surface area contributed by atoms with Crippen molar-refractivity contribution in [1.82, 2.24) is 4.98 Å². The number of nitrogens with zero attached hydrogens (tertiary/aromatic N) is 1. The molecule has 4 nitrogen and oxygen atoms in total. The van der Waals surface area contributed by atoms with Gasteiger partial charge in [0.25, 0.3) is 0 Å². The second-order valence-electron chi connectivity index (χ2n) is 3.03. The van der Waals surface area contributed by atoms with Crippen LogP contribution in [-0.4, -0.2) is 16.9 Å². The van der Waals surface area contributed by atoms with Crippen LogP contribution >= 0.6 is 11.6 Å². The van der Waals surface area contributed by atoms with Crippen LogP contribution in [0.2, 0.25) is 0 Å². The minimum atomic E-state index is -0.964. The van der Waals surface area contributed by atoms with Gasteiger partial charge in [-0.25, -0.2) is 0 Å². The highest BCUT2D eigenvalue weighted by Gasteiger charge is 2.25. The van der Waals surface area contributed by atoms with Crippen LogP contribution in [0.1, 0.15) is 23.1 Å². The summed E-state index contributed by atoms with van der Waals surface area (Å²) in [5.41, 5.74) is 2.06. The molecular formula is C9H10ClNO3. The largest absolute Gasteiger partial charge is 0.465 e. The van der Waals surface area contributed by atoms with Crippen LogP contribution in [0, 0.1) is 6.92 Å². The Bertz CT molecular complexity index is 356. The molecule has 1 aromatic heterocycles. The molecule has 0 spiro atoms. The van der Waals surface area contributed by atoms with E-state index in [-0.39, 0.29) is 12.7 Å². The van der Waals surface area contributed by atoms with Gasteiger partial charge in [-0.05, 0) is 12.5 Å². The Morgan fingerprint density at radius 2 is 2.50 bits per heavy atom. The number of pyridine rings is 1. The molecule has 1 atom stereocenters. The fraction of sp³-hybridized carbons (Fsp3) is 0.444. The van der Waals surface area contributed by atoms with Crippen molar-refractivity contribution in [2.75, 3.05) is 6.79 Å². The summed E-state index contributed by atoms with van der Waals surface area (Å²) < 4.78 is 10.2. The zero-order valence-corrected chi connectivity index (χ0v) is 8.41. The van der Waals surface area contributed by atoms with Crippen LogP contribution in [0.3, 0.4) is 0 Å². The van der Waals surface area contributed by atoms with Gasteiger partial charge in [-0.15, -0.1) is 11.6 Å². The number of aryl methyl sites for hydroxylation is 1. The van der Waals surface area contributed by atoms with Crippen molar-refractivity contribution in [3.8, 4) is 5.75 Å². The number of fused-ring (bicyclic) bond motifs is 1. The van der Waals surface area contributed by atoms with Crippen molar-refractivity contribution in [2.45, 2.75) is 19.1 Å². The number of alkyl halides is 1. The Balaban J connectivity index is 2.58. The van der Waals surface area contributed by atoms with E-state index in [9.17, 15) is 5.11 Å². The van der Waals surface area contributed by atoms with Crippen molar-refractivity contribution >= 4 is 11.6 Å². The third kappa shape index (κ3) is 1.45. The van der Waals surface area contributed by atoms with Gasteiger partial charge in [0.05, 0.1) is 11.3 Å². The summed E-state index contributed by atoms with van der Waals surface area (Å²) in [6.07, 6.45) is 0.664. The highest BCUT2D eigenvalue weighted by atomic mass is 35.5. The van der Waals surface area contributed by atoms with Crippen LogP contribution in [0.4, 0.5) is 0 Å². The summed E-state index contributed by atoms with van der Waals surface area (Å²) in [7, 11) is 0. The molecule has 0 saturated carbocycles. The number of aromatic nitrogens is 1. The monoisotopic (exact) mass is 215 g/mol. The van der Waals surface area contributed by atoms with Gasteiger partial charge in [0, 0.05) is 12.1 Å². The SMILES string of the molecule is Cc1ncc(CCl)c2c1OCOC2O. The Morgan fingerprint density at radius 3 is 3.21 bits per heavy atom. The number of rotatable bonds is 1. The molecule has 1 aromatic rings. The Morgan fingerprint density at radius 1 is 1.71 bits per heavy atom. The van der Waals surface area contributed by atoms with Crippen molar-refractivity contribution < 1.29 is 14.6 Å². The summed E-state index contributed by atoms with van der Waals surface area (Å²) in [4.78, 5) is 4.12. The van der Waals surface area contributed by atoms with Crippen molar-refractivity contribution in [2.24, 2.45) is 0 Å². The molecule has 2 heterocycles. The standard InChI is InChI=1S/C9H10ClNO3/c1-5-8-7(6(2-10)3-11-5)9(12)14-4-13-8/h3,9,12H,2,4H2,1H3. The second kappa shape index (κ2) is 3.73. The Hall–Kier alpha value is -0.840. The molecule has 1 aliphatic rings. The first kappa shape index (κ1) is 9.71. The number of halogens is 1. The normalized spacial score (nSPS) is 20.1. The first-order valence-corrected chi connectivity index (χ1v) is 4.74. The lowest BCUT2D eigenvalue weighted by molar-refractivity contribution is -0.164. The van der Waals surface area contributed by atoms with E-state index >= 15 is 0 Å². The van der Waals surface area contributed by atoms with E-state index in [1.807, 2.05) is 6.92 Å². The highest BCUT2D eigenvalue weighted by Crippen LogP contribution is 2.35. The van der Waals surface area contributed by atoms with Crippen molar-refractivity contribution in [3.05, 3.63) is 23.0 Å². The maximum atomic E-state index is 9.61. The average Bonchev–Trinajstić information content (AvgIpc) is 2.20. The summed E-state index contributed by atoms with van der Waals surface area (Å²) in [5.74, 6) is 0.862. The molecule has 76 valence electrons. The lowest BCUT2D eigenvalue weighted by Crippen LogP contribution is -2.19. The molecule has 0 fully saturated rings. The van der Waals surface area contributed by atoms with Crippen LogP contribution < -0.4 is 4.74 Å². The van der Waals surface area contributed by atoms with E-state index in [1.165, 1.54) is 0 Å². The van der Waals surface area contributed by atoms with Crippen molar-refractivity contribution in [1.29, 1.82) is 0 Å². The predicted octanol–water partition coefficient (Wildman–Crippen LogP) is 1.49. The molecule has 0 radical (unpaired) electrons. The van der Waals surface area contributed by atoms with Gasteiger partial charge in [-0.3, -0.25) is 4.98 Å². The Labute approximate surface area is 86.4 Å². The molecule has 14 heavy (non-hydrogen) atoms. The second-order valence-corrected chi connectivity index (χ2v) is 3.29. The molecule has 1 unspecified atom stereocenters. The quantitative estimate of drug-likeness (QED) is 0.722. The first-order valence-electron chi connectivity index (χ1n) is 4.21. The fourth-order valence-electron chi connectivity index (χ4n) is 1.44. The predicted molar refractivity (Wildman–Crippen MR) is 50.1 cm³/mol. The molecule has 0 aliphatic carbocycles. The molecular weight excluding hydrogens is 206 g/mol. The van der Waals surface area contributed by atoms with Gasteiger partial charge in [-0.1, -0.05) is 0 Å². The minimum absolute atomic E-state index is 0.0441. The van der Waals surface area contributed by atoms with Crippen molar-refractivity contribution in [3.63, 3.8) is 0 Å². The van der Waals surface area contributed by atoms with Crippen LogP contribution in [0.5, 0.6) is 5.75 Å². The smallest absolute Gasteiger partial charge is 0.192 e. The first-order chi connectivity index (χ1) is 6.74. The molecule has 5 heteroatoms. The van der Waals surface area contributed by atoms with Gasteiger partial charge < -0.3 is 14.6 Å². The van der Waals surface area contributed by atoms with Crippen LogP contribution in [0.15, 0.2) is 6.20 Å². The van der Waals surface area contributed by atoms with Gasteiger partial charge in [0.2, 0.25) is 0 Å². The summed E-state index contributed by atoms with van der Waals surface area (Å²) in [6.45, 7) is 1.86. The molecule has 0 bridgehead atoms. The molecule has 2 rings (SSSR count). The zero-order valence-electron chi connectivity index (χ0n) is 7.66. The molecule has 1 aliphatic heterocycles. The van der Waals surface area contributed by atoms with E-state index in [0.29, 0.717) is 11.3 Å². The number of hydrogen-bond donors (Lipinski definition) is 1. The minimum Gasteiger partial charge on any atom is -0.465 e. The third-order valence-corrected chi connectivity index (χ3v) is 2.44. The van der Waals surface area contributed by atoms with E-state index in [0.717, 1.165) is 11.3 Å². The summed E-state index contributed by atoms with van der Waals surface area (Å²) in [5, 5.41) is 9.61. The van der Waals surface area contributed by atoms with E-state index in [2.05, 4.69) is 4.98 Å².